The normalized spacial score (nSPS) is 17.0. The lowest BCUT2D eigenvalue weighted by Crippen LogP contribution is -2.48. The Hall–Kier alpha value is -1.76. The zero-order chi connectivity index (χ0) is 17.0. The molecule has 0 atom stereocenters. The van der Waals surface area contributed by atoms with Crippen LogP contribution in [0, 0.1) is 0 Å². The average molecular weight is 345 g/mol. The highest BCUT2D eigenvalue weighted by Crippen LogP contribution is 2.19. The highest BCUT2D eigenvalue weighted by molar-refractivity contribution is 7.89. The Morgan fingerprint density at radius 3 is 2.29 bits per heavy atom. The number of piperazine rings is 1. The van der Waals surface area contributed by atoms with E-state index >= 15 is 0 Å². The van der Waals surface area contributed by atoms with Crippen LogP contribution < -0.4 is 0 Å². The molecule has 3 rings (SSSR count). The first-order valence-electron chi connectivity index (χ1n) is 8.31. The van der Waals surface area contributed by atoms with E-state index in [1.165, 1.54) is 0 Å². The smallest absolute Gasteiger partial charge is 0.243 e. The summed E-state index contributed by atoms with van der Waals surface area (Å²) in [4.78, 5) is 6.96. The van der Waals surface area contributed by atoms with E-state index in [2.05, 4.69) is 16.8 Å². The van der Waals surface area contributed by atoms with Crippen LogP contribution in [0.25, 0.3) is 0 Å². The molecular weight excluding hydrogens is 322 g/mol. The van der Waals surface area contributed by atoms with Crippen LogP contribution in [0.2, 0.25) is 0 Å². The number of nitrogens with zero attached hydrogens (tertiary/aromatic N) is 3. The van der Waals surface area contributed by atoms with Gasteiger partial charge in [-0.1, -0.05) is 25.1 Å². The number of pyridine rings is 1. The number of hydrogen-bond acceptors (Lipinski definition) is 4. The molecular formula is C18H23N3O2S. The molecule has 0 aliphatic carbocycles. The summed E-state index contributed by atoms with van der Waals surface area (Å²) in [5, 5.41) is 0. The van der Waals surface area contributed by atoms with E-state index in [1.54, 1.807) is 22.6 Å². The fourth-order valence-corrected chi connectivity index (χ4v) is 4.32. The first kappa shape index (κ1) is 17.1. The molecule has 0 radical (unpaired) electrons. The summed E-state index contributed by atoms with van der Waals surface area (Å²) in [6.45, 7) is 5.31. The zero-order valence-corrected chi connectivity index (χ0v) is 14.7. The Labute approximate surface area is 144 Å². The van der Waals surface area contributed by atoms with Crippen molar-refractivity contribution in [3.05, 3.63) is 59.9 Å². The van der Waals surface area contributed by atoms with Crippen LogP contribution in [-0.2, 0) is 23.0 Å². The van der Waals surface area contributed by atoms with E-state index in [-0.39, 0.29) is 0 Å². The van der Waals surface area contributed by atoms with E-state index in [1.807, 2.05) is 30.3 Å². The van der Waals surface area contributed by atoms with Crippen LogP contribution in [0.4, 0.5) is 0 Å². The highest BCUT2D eigenvalue weighted by Gasteiger charge is 2.28. The highest BCUT2D eigenvalue weighted by atomic mass is 32.2. The summed E-state index contributed by atoms with van der Waals surface area (Å²) < 4.78 is 27.1. The molecule has 1 aliphatic heterocycles. The first-order chi connectivity index (χ1) is 11.6. The quantitative estimate of drug-likeness (QED) is 0.833. The Morgan fingerprint density at radius 2 is 1.71 bits per heavy atom. The second kappa shape index (κ2) is 7.42. The predicted molar refractivity (Wildman–Crippen MR) is 94.1 cm³/mol. The van der Waals surface area contributed by atoms with Gasteiger partial charge in [0.15, 0.2) is 0 Å². The number of rotatable bonds is 5. The molecule has 0 unspecified atom stereocenters. The van der Waals surface area contributed by atoms with Gasteiger partial charge in [0.05, 0.1) is 10.6 Å². The van der Waals surface area contributed by atoms with Crippen molar-refractivity contribution in [3.8, 4) is 0 Å². The third-order valence-corrected chi connectivity index (χ3v) is 6.33. The maximum Gasteiger partial charge on any atom is 0.243 e. The number of hydrogen-bond donors (Lipinski definition) is 0. The Morgan fingerprint density at radius 1 is 1.00 bits per heavy atom. The van der Waals surface area contributed by atoms with Crippen LogP contribution in [0.3, 0.4) is 0 Å². The Bertz CT molecular complexity index is 753. The minimum atomic E-state index is -3.39. The molecule has 24 heavy (non-hydrogen) atoms. The molecule has 0 saturated carbocycles. The topological polar surface area (TPSA) is 53.5 Å². The molecule has 128 valence electrons. The number of sulfonamides is 1. The zero-order valence-electron chi connectivity index (χ0n) is 13.9. The first-order valence-corrected chi connectivity index (χ1v) is 9.75. The summed E-state index contributed by atoms with van der Waals surface area (Å²) in [7, 11) is -3.39. The minimum absolute atomic E-state index is 0.387. The molecule has 1 fully saturated rings. The van der Waals surface area contributed by atoms with Crippen molar-refractivity contribution in [1.82, 2.24) is 14.2 Å². The molecule has 1 aromatic heterocycles. The standard InChI is InChI=1S/C18H23N3O2S/c1-2-16-6-8-18(9-7-16)24(22,23)21-13-11-20(12-14-21)15-17-5-3-4-10-19-17/h3-10H,2,11-15H2,1H3. The van der Waals surface area contributed by atoms with Gasteiger partial charge in [0.25, 0.3) is 0 Å². The molecule has 0 N–H and O–H groups in total. The van der Waals surface area contributed by atoms with Crippen LogP contribution >= 0.6 is 0 Å². The van der Waals surface area contributed by atoms with Gasteiger partial charge in [-0.05, 0) is 36.2 Å². The van der Waals surface area contributed by atoms with Crippen molar-refractivity contribution in [3.63, 3.8) is 0 Å². The largest absolute Gasteiger partial charge is 0.295 e. The van der Waals surface area contributed by atoms with Gasteiger partial charge >= 0.3 is 0 Å². The molecule has 5 nitrogen and oxygen atoms in total. The average Bonchev–Trinajstić information content (AvgIpc) is 2.63. The van der Waals surface area contributed by atoms with Gasteiger partial charge in [0.2, 0.25) is 10.0 Å². The summed E-state index contributed by atoms with van der Waals surface area (Å²) in [6.07, 6.45) is 2.70. The predicted octanol–water partition coefficient (Wildman–Crippen LogP) is 2.15. The van der Waals surface area contributed by atoms with Crippen LogP contribution in [0.15, 0.2) is 53.6 Å². The lowest BCUT2D eigenvalue weighted by atomic mass is 10.2. The molecule has 2 heterocycles. The van der Waals surface area contributed by atoms with Gasteiger partial charge in [-0.15, -0.1) is 0 Å². The van der Waals surface area contributed by atoms with Gasteiger partial charge < -0.3 is 0 Å². The molecule has 0 spiro atoms. The number of aromatic nitrogens is 1. The molecule has 6 heteroatoms. The fourth-order valence-electron chi connectivity index (χ4n) is 2.89. The van der Waals surface area contributed by atoms with Crippen molar-refractivity contribution in [2.75, 3.05) is 26.2 Å². The van der Waals surface area contributed by atoms with Gasteiger partial charge in [-0.25, -0.2) is 8.42 Å². The number of benzene rings is 1. The number of aryl methyl sites for hydroxylation is 1. The summed E-state index contributed by atoms with van der Waals surface area (Å²) >= 11 is 0. The van der Waals surface area contributed by atoms with Crippen LogP contribution in [0.1, 0.15) is 18.2 Å². The summed E-state index contributed by atoms with van der Waals surface area (Å²) in [5.74, 6) is 0. The van der Waals surface area contributed by atoms with Crippen LogP contribution in [0.5, 0.6) is 0 Å². The van der Waals surface area contributed by atoms with Gasteiger partial charge in [0.1, 0.15) is 0 Å². The lowest BCUT2D eigenvalue weighted by molar-refractivity contribution is 0.180. The molecule has 0 amide bonds. The maximum atomic E-state index is 12.7. The SMILES string of the molecule is CCc1ccc(S(=O)(=O)N2CCN(Cc3ccccn3)CC2)cc1. The van der Waals surface area contributed by atoms with Crippen molar-refractivity contribution < 1.29 is 8.42 Å². The Kier molecular flexibility index (Phi) is 5.28. The van der Waals surface area contributed by atoms with Gasteiger partial charge in [-0.3, -0.25) is 9.88 Å². The van der Waals surface area contributed by atoms with Crippen molar-refractivity contribution in [2.24, 2.45) is 0 Å². The molecule has 1 aromatic carbocycles. The van der Waals surface area contributed by atoms with Gasteiger partial charge in [-0.2, -0.15) is 4.31 Å². The van der Waals surface area contributed by atoms with Crippen LogP contribution in [-0.4, -0.2) is 48.8 Å². The van der Waals surface area contributed by atoms with E-state index < -0.39 is 10.0 Å². The second-order valence-corrected chi connectivity index (χ2v) is 7.94. The van der Waals surface area contributed by atoms with Crippen molar-refractivity contribution >= 4 is 10.0 Å². The van der Waals surface area contributed by atoms with E-state index in [0.717, 1.165) is 37.3 Å². The maximum absolute atomic E-state index is 12.7. The van der Waals surface area contributed by atoms with Gasteiger partial charge in [0, 0.05) is 38.9 Å². The second-order valence-electron chi connectivity index (χ2n) is 6.00. The van der Waals surface area contributed by atoms with E-state index in [4.69, 9.17) is 0 Å². The Balaban J connectivity index is 1.62. The summed E-state index contributed by atoms with van der Waals surface area (Å²) in [5.41, 5.74) is 2.16. The van der Waals surface area contributed by atoms with Crippen molar-refractivity contribution in [2.45, 2.75) is 24.8 Å². The third kappa shape index (κ3) is 3.83. The molecule has 2 aromatic rings. The minimum Gasteiger partial charge on any atom is -0.295 e. The van der Waals surface area contributed by atoms with E-state index in [9.17, 15) is 8.42 Å². The monoisotopic (exact) mass is 345 g/mol. The fraction of sp³-hybridized carbons (Fsp3) is 0.389. The molecule has 1 aliphatic rings. The third-order valence-electron chi connectivity index (χ3n) is 4.41. The summed E-state index contributed by atoms with van der Waals surface area (Å²) in [6, 6.07) is 13.1. The lowest BCUT2D eigenvalue weighted by Gasteiger charge is -2.33. The molecule has 1 saturated heterocycles. The molecule has 0 bridgehead atoms. The van der Waals surface area contributed by atoms with E-state index in [0.29, 0.717) is 18.0 Å². The van der Waals surface area contributed by atoms with Crippen molar-refractivity contribution in [1.29, 1.82) is 0 Å².